The van der Waals surface area contributed by atoms with Crippen LogP contribution in [0.4, 0.5) is 10.2 Å². The normalized spacial score (nSPS) is 18.1. The van der Waals surface area contributed by atoms with Crippen molar-refractivity contribution in [3.8, 4) is 6.07 Å². The topological polar surface area (TPSA) is 78.2 Å². The number of carbonyl (C=O) groups is 1. The Kier molecular flexibility index (Phi) is 5.06. The lowest BCUT2D eigenvalue weighted by molar-refractivity contribution is 0.00347. The Morgan fingerprint density at radius 1 is 1.71 bits per heavy atom. The highest BCUT2D eigenvalue weighted by Crippen LogP contribution is 2.18. The second-order valence-electron chi connectivity index (χ2n) is 4.72. The van der Waals surface area contributed by atoms with Gasteiger partial charge in [-0.2, -0.15) is 5.26 Å². The Hall–Kier alpha value is -2.20. The van der Waals surface area contributed by atoms with E-state index in [1.165, 1.54) is 11.0 Å². The molecule has 2 heterocycles. The number of nitrogens with one attached hydrogen (secondary N) is 1. The van der Waals surface area contributed by atoms with Gasteiger partial charge >= 0.3 is 0 Å². The van der Waals surface area contributed by atoms with Gasteiger partial charge in [0.15, 0.2) is 6.10 Å². The Morgan fingerprint density at radius 2 is 2.52 bits per heavy atom. The predicted molar refractivity (Wildman–Crippen MR) is 74.2 cm³/mol. The van der Waals surface area contributed by atoms with Crippen LogP contribution in [0.2, 0.25) is 0 Å². The number of ether oxygens (including phenoxy) is 1. The molecule has 1 unspecified atom stereocenters. The molecule has 0 spiro atoms. The molecule has 1 atom stereocenters. The van der Waals surface area contributed by atoms with Gasteiger partial charge < -0.3 is 15.0 Å². The van der Waals surface area contributed by atoms with Gasteiger partial charge in [-0.05, 0) is 12.5 Å². The molecule has 112 valence electrons. The van der Waals surface area contributed by atoms with Crippen LogP contribution in [0.25, 0.3) is 0 Å². The van der Waals surface area contributed by atoms with Gasteiger partial charge in [0.05, 0.1) is 31.0 Å². The van der Waals surface area contributed by atoms with Gasteiger partial charge in [0.1, 0.15) is 11.6 Å². The Bertz CT molecular complexity index is 558. The van der Waals surface area contributed by atoms with Gasteiger partial charge in [0, 0.05) is 13.1 Å². The van der Waals surface area contributed by atoms with Crippen molar-refractivity contribution in [2.45, 2.75) is 19.4 Å². The highest BCUT2D eigenvalue weighted by atomic mass is 19.1. The molecule has 1 amide bonds. The van der Waals surface area contributed by atoms with Crippen LogP contribution in [0.15, 0.2) is 12.3 Å². The molecule has 0 aliphatic carbocycles. The second kappa shape index (κ2) is 6.99. The number of nitrogens with zero attached hydrogens (tertiary/aromatic N) is 3. The van der Waals surface area contributed by atoms with Crippen molar-refractivity contribution in [1.29, 1.82) is 5.26 Å². The molecule has 1 fully saturated rings. The third-order valence-corrected chi connectivity index (χ3v) is 3.12. The smallest absolute Gasteiger partial charge is 0.257 e. The van der Waals surface area contributed by atoms with E-state index in [0.29, 0.717) is 25.5 Å². The van der Waals surface area contributed by atoms with E-state index >= 15 is 0 Å². The number of hydrogen-bond acceptors (Lipinski definition) is 5. The van der Waals surface area contributed by atoms with Gasteiger partial charge in [-0.25, -0.2) is 9.37 Å². The molecule has 2 rings (SSSR count). The van der Waals surface area contributed by atoms with Crippen molar-refractivity contribution in [3.05, 3.63) is 23.6 Å². The van der Waals surface area contributed by atoms with E-state index in [-0.39, 0.29) is 18.0 Å². The molecule has 0 bridgehead atoms. The van der Waals surface area contributed by atoms with Crippen LogP contribution < -0.4 is 5.32 Å². The lowest BCUT2D eigenvalue weighted by atomic mass is 10.2. The average Bonchev–Trinajstić information content (AvgIpc) is 2.53. The lowest BCUT2D eigenvalue weighted by Crippen LogP contribution is -2.45. The molecule has 1 aliphatic heterocycles. The number of hydrogen-bond donors (Lipinski definition) is 1. The van der Waals surface area contributed by atoms with Crippen molar-refractivity contribution in [2.24, 2.45) is 0 Å². The van der Waals surface area contributed by atoms with Crippen molar-refractivity contribution < 1.29 is 13.9 Å². The number of aromatic nitrogens is 1. The van der Waals surface area contributed by atoms with Gasteiger partial charge in [-0.1, -0.05) is 6.92 Å². The number of amides is 1. The van der Waals surface area contributed by atoms with Crippen molar-refractivity contribution in [2.75, 3.05) is 31.6 Å². The summed E-state index contributed by atoms with van der Waals surface area (Å²) in [5, 5.41) is 11.9. The molecule has 1 saturated heterocycles. The number of halogens is 1. The highest BCUT2D eigenvalue weighted by Gasteiger charge is 2.27. The first-order chi connectivity index (χ1) is 10.2. The largest absolute Gasteiger partial charge is 0.369 e. The monoisotopic (exact) mass is 292 g/mol. The minimum Gasteiger partial charge on any atom is -0.369 e. The molecule has 1 aromatic rings. The summed E-state index contributed by atoms with van der Waals surface area (Å²) in [6.07, 6.45) is 1.30. The quantitative estimate of drug-likeness (QED) is 0.907. The fraction of sp³-hybridized carbons (Fsp3) is 0.500. The Balaban J connectivity index is 2.21. The van der Waals surface area contributed by atoms with Crippen molar-refractivity contribution >= 4 is 11.7 Å². The van der Waals surface area contributed by atoms with Gasteiger partial charge in [0.25, 0.3) is 5.91 Å². The van der Waals surface area contributed by atoms with Gasteiger partial charge in [0.2, 0.25) is 0 Å². The van der Waals surface area contributed by atoms with E-state index in [1.54, 1.807) is 0 Å². The molecule has 1 N–H and O–H groups in total. The van der Waals surface area contributed by atoms with E-state index in [1.807, 2.05) is 13.0 Å². The van der Waals surface area contributed by atoms with Crippen LogP contribution in [-0.2, 0) is 4.74 Å². The average molecular weight is 292 g/mol. The summed E-state index contributed by atoms with van der Waals surface area (Å²) >= 11 is 0. The van der Waals surface area contributed by atoms with Gasteiger partial charge in [-0.3, -0.25) is 4.79 Å². The van der Waals surface area contributed by atoms with Crippen molar-refractivity contribution in [1.82, 2.24) is 9.88 Å². The van der Waals surface area contributed by atoms with Crippen LogP contribution in [0.5, 0.6) is 0 Å². The van der Waals surface area contributed by atoms with Crippen LogP contribution >= 0.6 is 0 Å². The molecule has 0 saturated carbocycles. The molecule has 21 heavy (non-hydrogen) atoms. The summed E-state index contributed by atoms with van der Waals surface area (Å²) in [6.45, 7) is 3.48. The summed E-state index contributed by atoms with van der Waals surface area (Å²) in [7, 11) is 0. The van der Waals surface area contributed by atoms with Crippen LogP contribution in [0.1, 0.15) is 23.7 Å². The number of carbonyl (C=O) groups excluding carboxylic acids is 1. The zero-order valence-corrected chi connectivity index (χ0v) is 11.8. The third kappa shape index (κ3) is 3.67. The molecular weight excluding hydrogens is 275 g/mol. The second-order valence-corrected chi connectivity index (χ2v) is 4.72. The summed E-state index contributed by atoms with van der Waals surface area (Å²) in [4.78, 5) is 17.9. The molecule has 6 nitrogen and oxygen atoms in total. The highest BCUT2D eigenvalue weighted by molar-refractivity contribution is 5.98. The van der Waals surface area contributed by atoms with E-state index in [2.05, 4.69) is 10.3 Å². The zero-order valence-electron chi connectivity index (χ0n) is 11.8. The first kappa shape index (κ1) is 15.2. The number of pyridine rings is 1. The first-order valence-corrected chi connectivity index (χ1v) is 6.85. The van der Waals surface area contributed by atoms with Crippen molar-refractivity contribution in [3.63, 3.8) is 0 Å². The summed E-state index contributed by atoms with van der Waals surface area (Å²) in [5.41, 5.74) is 0.182. The zero-order chi connectivity index (χ0) is 15.2. The van der Waals surface area contributed by atoms with E-state index in [0.717, 1.165) is 12.6 Å². The van der Waals surface area contributed by atoms with E-state index in [9.17, 15) is 9.18 Å². The summed E-state index contributed by atoms with van der Waals surface area (Å²) < 4.78 is 18.6. The SMILES string of the molecule is CCCNc1ncc(F)cc1C(=O)N1CCOC(C#N)C1. The maximum atomic E-state index is 13.4. The third-order valence-electron chi connectivity index (χ3n) is 3.12. The molecule has 1 aliphatic rings. The summed E-state index contributed by atoms with van der Waals surface area (Å²) in [6, 6.07) is 3.15. The number of rotatable bonds is 4. The molecule has 7 heteroatoms. The fourth-order valence-corrected chi connectivity index (χ4v) is 2.07. The minimum absolute atomic E-state index is 0.180. The number of anilines is 1. The minimum atomic E-state index is -0.642. The fourth-order valence-electron chi connectivity index (χ4n) is 2.07. The Morgan fingerprint density at radius 3 is 3.24 bits per heavy atom. The Labute approximate surface area is 122 Å². The first-order valence-electron chi connectivity index (χ1n) is 6.85. The van der Waals surface area contributed by atoms with Gasteiger partial charge in [-0.15, -0.1) is 0 Å². The predicted octanol–water partition coefficient (Wildman–Crippen LogP) is 1.41. The van der Waals surface area contributed by atoms with Crippen LogP contribution in [0.3, 0.4) is 0 Å². The molecule has 0 aromatic carbocycles. The number of morpholine rings is 1. The molecule has 0 radical (unpaired) electrons. The lowest BCUT2D eigenvalue weighted by Gasteiger charge is -2.30. The standard InChI is InChI=1S/C14H17FN4O2/c1-2-3-17-13-12(6-10(15)8-18-13)14(20)19-4-5-21-11(7-16)9-19/h6,8,11H,2-5,9H2,1H3,(H,17,18). The maximum absolute atomic E-state index is 13.4. The van der Waals surface area contributed by atoms with Crippen LogP contribution in [0, 0.1) is 17.1 Å². The molecular formula is C14H17FN4O2. The maximum Gasteiger partial charge on any atom is 0.257 e. The summed E-state index contributed by atoms with van der Waals surface area (Å²) in [5.74, 6) is -0.544. The van der Waals surface area contributed by atoms with E-state index < -0.39 is 11.9 Å². The van der Waals surface area contributed by atoms with E-state index in [4.69, 9.17) is 10.00 Å². The van der Waals surface area contributed by atoms with Crippen LogP contribution in [-0.4, -0.2) is 48.1 Å². The molecule has 1 aromatic heterocycles. The number of nitriles is 1.